The molecule has 4 heteroatoms. The molecular formula is C139H86O3S. The average molecular weight is 1840 g/mol. The van der Waals surface area contributed by atoms with Crippen LogP contribution in [0.25, 0.3) is 294 Å². The molecule has 0 N–H and O–H groups in total. The number of hydrogen-bond acceptors (Lipinski definition) is 4. The maximum Gasteiger partial charge on any atom is 0.144 e. The summed E-state index contributed by atoms with van der Waals surface area (Å²) in [4.78, 5) is 0. The predicted molar refractivity (Wildman–Crippen MR) is 610 cm³/mol. The topological polar surface area (TPSA) is 39.4 Å². The van der Waals surface area contributed by atoms with Gasteiger partial charge >= 0.3 is 0 Å². The van der Waals surface area contributed by atoms with E-state index in [9.17, 15) is 0 Å². The molecule has 0 radical (unpaired) electrons. The zero-order valence-electron chi connectivity index (χ0n) is 78.3. The first kappa shape index (κ1) is 82.1. The van der Waals surface area contributed by atoms with Gasteiger partial charge in [-0.15, -0.1) is 11.3 Å². The Hall–Kier alpha value is -18.1. The number of benzene rings is 26. The third-order valence-corrected chi connectivity index (χ3v) is 31.9. The van der Waals surface area contributed by atoms with E-state index in [-0.39, 0.29) is 5.41 Å². The second-order valence-electron chi connectivity index (χ2n) is 38.8. The Balaban J connectivity index is 0.000000102. The number of thiophene rings is 1. The van der Waals surface area contributed by atoms with Gasteiger partial charge in [0.1, 0.15) is 33.5 Å². The molecule has 0 unspecified atom stereocenters. The van der Waals surface area contributed by atoms with Crippen LogP contribution in [0.5, 0.6) is 0 Å². The van der Waals surface area contributed by atoms with Crippen LogP contribution >= 0.6 is 11.3 Å². The van der Waals surface area contributed by atoms with Gasteiger partial charge in [0.2, 0.25) is 0 Å². The van der Waals surface area contributed by atoms with Crippen molar-refractivity contribution < 1.29 is 13.3 Å². The first-order valence-corrected chi connectivity index (χ1v) is 50.2. The third kappa shape index (κ3) is 12.8. The van der Waals surface area contributed by atoms with Crippen molar-refractivity contribution in [3.8, 4) is 100 Å². The van der Waals surface area contributed by atoms with Crippen molar-refractivity contribution in [2.75, 3.05) is 0 Å². The highest BCUT2D eigenvalue weighted by Gasteiger charge is 2.40. The molecule has 3 nitrogen and oxygen atoms in total. The molecule has 4 heterocycles. The van der Waals surface area contributed by atoms with E-state index in [1.54, 1.807) is 0 Å². The molecule has 1 aliphatic carbocycles. The van der Waals surface area contributed by atoms with Crippen molar-refractivity contribution >= 4 is 205 Å². The van der Waals surface area contributed by atoms with E-state index in [1.165, 1.54) is 228 Å². The van der Waals surface area contributed by atoms with Gasteiger partial charge in [0.25, 0.3) is 0 Å². The summed E-state index contributed by atoms with van der Waals surface area (Å²) in [5.74, 6) is 0. The lowest BCUT2D eigenvalue weighted by Gasteiger charge is -2.23. The van der Waals surface area contributed by atoms with Crippen molar-refractivity contribution in [1.29, 1.82) is 0 Å². The van der Waals surface area contributed by atoms with Gasteiger partial charge in [0, 0.05) is 80.2 Å². The molecule has 0 aliphatic heterocycles. The van der Waals surface area contributed by atoms with Crippen LogP contribution in [0.4, 0.5) is 0 Å². The third-order valence-electron chi connectivity index (χ3n) is 30.7. The van der Waals surface area contributed by atoms with Gasteiger partial charge in [-0.3, -0.25) is 0 Å². The molecule has 4 aromatic heterocycles. The lowest BCUT2D eigenvalue weighted by molar-refractivity contribution is 0.653. The Labute approximate surface area is 827 Å². The summed E-state index contributed by atoms with van der Waals surface area (Å²) < 4.78 is 23.1. The molecule has 26 aromatic carbocycles. The zero-order valence-corrected chi connectivity index (χ0v) is 79.1. The van der Waals surface area contributed by atoms with Crippen LogP contribution in [0, 0.1) is 0 Å². The van der Waals surface area contributed by atoms with Crippen molar-refractivity contribution in [1.82, 2.24) is 0 Å². The normalized spacial score (nSPS) is 12.5. The Kier molecular flexibility index (Phi) is 18.7. The highest BCUT2D eigenvalue weighted by Crippen LogP contribution is 2.59. The first-order chi connectivity index (χ1) is 70.7. The van der Waals surface area contributed by atoms with Crippen LogP contribution in [0.1, 0.15) is 25.0 Å². The Morgan fingerprint density at radius 2 is 0.455 bits per heavy atom. The highest BCUT2D eigenvalue weighted by atomic mass is 32.1. The van der Waals surface area contributed by atoms with Gasteiger partial charge in [-0.05, 0) is 263 Å². The average Bonchev–Trinajstić information content (AvgIpc) is 1.50. The van der Waals surface area contributed by atoms with Gasteiger partial charge in [0.05, 0.1) is 0 Å². The second-order valence-corrected chi connectivity index (χ2v) is 39.8. The Morgan fingerprint density at radius 3 is 0.874 bits per heavy atom. The van der Waals surface area contributed by atoms with Gasteiger partial charge in [-0.25, -0.2) is 0 Å². The predicted octanol–water partition coefficient (Wildman–Crippen LogP) is 40.3. The molecule has 31 rings (SSSR count). The van der Waals surface area contributed by atoms with Crippen molar-refractivity contribution in [3.05, 3.63) is 496 Å². The SMILES string of the molecule is CC1(C)c2ccccc2-c2c1cc(-c1c3ccccc3c(-c3ccc4ccccc4c3)c3ccccc13)c1c2oc2ccccc21.c1ccc2cc(-c3c4ccccc4c(-c4ccc(-c5ccc6ccccc6c5)c5oc6ccccc6c45)c4ccccc34)ccc2c1.c1ccc2cc(-c3c4ccccc4c(-c4ccc(-c5cccc6c5sc5ccccc56)c5oc6ccccc6c45)c4ccccc34)ccc2c1. The molecule has 0 bridgehead atoms. The molecule has 0 spiro atoms. The molecule has 1 aliphatic rings. The second kappa shape index (κ2) is 32.5. The minimum atomic E-state index is -0.162. The zero-order chi connectivity index (χ0) is 94.2. The van der Waals surface area contributed by atoms with Gasteiger partial charge < -0.3 is 13.3 Å². The quantitative estimate of drug-likeness (QED) is 0.142. The molecule has 0 saturated heterocycles. The molecule has 0 atom stereocenters. The molecule has 0 amide bonds. The summed E-state index contributed by atoms with van der Waals surface area (Å²) in [6, 6.07) is 177. The van der Waals surface area contributed by atoms with E-state index in [0.717, 1.165) is 77.1 Å². The summed E-state index contributed by atoms with van der Waals surface area (Å²) in [6.07, 6.45) is 0. The highest BCUT2D eigenvalue weighted by molar-refractivity contribution is 7.26. The summed E-state index contributed by atoms with van der Waals surface area (Å²) in [6.45, 7) is 4.71. The van der Waals surface area contributed by atoms with Crippen LogP contribution in [0.15, 0.2) is 499 Å². The number of para-hydroxylation sites is 3. The van der Waals surface area contributed by atoms with Crippen LogP contribution in [0.2, 0.25) is 0 Å². The van der Waals surface area contributed by atoms with Crippen LogP contribution in [-0.4, -0.2) is 0 Å². The van der Waals surface area contributed by atoms with E-state index in [1.807, 2.05) is 11.3 Å². The monoisotopic (exact) mass is 1830 g/mol. The van der Waals surface area contributed by atoms with Crippen molar-refractivity contribution in [2.24, 2.45) is 0 Å². The molecular weight excluding hydrogens is 1750 g/mol. The molecule has 0 fully saturated rings. The molecule has 666 valence electrons. The van der Waals surface area contributed by atoms with E-state index in [4.69, 9.17) is 13.3 Å². The lowest BCUT2D eigenvalue weighted by Crippen LogP contribution is -2.15. The summed E-state index contributed by atoms with van der Waals surface area (Å²) in [5.41, 5.74) is 30.1. The first-order valence-electron chi connectivity index (χ1n) is 49.4. The lowest BCUT2D eigenvalue weighted by atomic mass is 9.79. The molecule has 30 aromatic rings. The van der Waals surface area contributed by atoms with Gasteiger partial charge in [-0.1, -0.05) is 432 Å². The summed E-state index contributed by atoms with van der Waals surface area (Å²) in [5, 5.41) is 34.4. The number of hydrogen-bond donors (Lipinski definition) is 0. The maximum absolute atomic E-state index is 6.89. The summed E-state index contributed by atoms with van der Waals surface area (Å²) >= 11 is 1.86. The van der Waals surface area contributed by atoms with Crippen LogP contribution < -0.4 is 0 Å². The fraction of sp³-hybridized carbons (Fsp3) is 0.0216. The standard InChI is InChI=1S/C48H28OS.C46H28O.C45H30O/c1-2-13-30-28-31(25-24-29(30)12-1)44-33-15-3-5-17-35(33)45(36-18-6-4-16-34(36)44)41-27-26-37(47-46(41)40-19-7-9-22-42(40)49-47)39-21-11-20-38-32-14-8-10-23-43(32)50-48(38)39;1-3-13-31-27-33(23-21-29(31)11-1)35-25-26-41(45-40-19-9-10-20-42(40)47-46(35)45)44-38-17-7-5-15-36(38)43(37-16-6-8-18-39(37)44)34-24-22-30-12-2-4-14-32(30)28-34;1-45(2)37-21-11-9-19-34(37)43-38(45)26-36(42-35-20-10-12-22-39(35)46-44(42)43)41-32-17-7-5-15-30(32)40(31-16-6-8-18-33(31)41)29-24-23-27-13-3-4-14-28(27)25-29/h1-28H;1-28H;3-26H,1-2H3. The van der Waals surface area contributed by atoms with E-state index >= 15 is 0 Å². The van der Waals surface area contributed by atoms with Crippen molar-refractivity contribution in [2.45, 2.75) is 19.3 Å². The minimum Gasteiger partial charge on any atom is -0.455 e. The van der Waals surface area contributed by atoms with E-state index in [2.05, 4.69) is 499 Å². The van der Waals surface area contributed by atoms with Crippen LogP contribution in [-0.2, 0) is 5.41 Å². The van der Waals surface area contributed by atoms with E-state index < -0.39 is 0 Å². The van der Waals surface area contributed by atoms with Crippen LogP contribution in [0.3, 0.4) is 0 Å². The minimum absolute atomic E-state index is 0.162. The number of fused-ring (bicyclic) bond motifs is 26. The maximum atomic E-state index is 6.89. The fourth-order valence-corrected chi connectivity index (χ4v) is 25.5. The number of rotatable bonds is 8. The van der Waals surface area contributed by atoms with Gasteiger partial charge in [-0.2, -0.15) is 0 Å². The fourth-order valence-electron chi connectivity index (χ4n) is 24.3. The summed E-state index contributed by atoms with van der Waals surface area (Å²) in [7, 11) is 0. The molecule has 143 heavy (non-hydrogen) atoms. The molecule has 0 saturated carbocycles. The Bertz CT molecular complexity index is 10500. The Morgan fingerprint density at radius 1 is 0.168 bits per heavy atom. The van der Waals surface area contributed by atoms with E-state index in [0.29, 0.717) is 0 Å². The van der Waals surface area contributed by atoms with Gasteiger partial charge in [0.15, 0.2) is 0 Å². The van der Waals surface area contributed by atoms with Crippen molar-refractivity contribution in [3.63, 3.8) is 0 Å². The largest absolute Gasteiger partial charge is 0.455 e. The number of furan rings is 3. The smallest absolute Gasteiger partial charge is 0.144 e.